The molecule has 7 nitrogen and oxygen atoms in total. The number of carbonyl (C=O) groups is 2. The summed E-state index contributed by atoms with van der Waals surface area (Å²) in [6.45, 7) is 0. The van der Waals surface area contributed by atoms with Crippen molar-refractivity contribution in [2.45, 2.75) is 18.9 Å². The monoisotopic (exact) mass is 401 g/mol. The van der Waals surface area contributed by atoms with Gasteiger partial charge in [-0.3, -0.25) is 19.6 Å². The zero-order chi connectivity index (χ0) is 21.1. The number of nitrogens with one attached hydrogen (secondary N) is 2. The van der Waals surface area contributed by atoms with Gasteiger partial charge in [-0.15, -0.1) is 0 Å². The van der Waals surface area contributed by atoms with Crippen molar-refractivity contribution in [1.82, 2.24) is 15.3 Å². The summed E-state index contributed by atoms with van der Waals surface area (Å²) in [5.74, 6) is -0.575. The fourth-order valence-electron chi connectivity index (χ4n) is 3.15. The van der Waals surface area contributed by atoms with Crippen LogP contribution >= 0.6 is 0 Å². The smallest absolute Gasteiger partial charge is 0.270 e. The molecule has 30 heavy (non-hydrogen) atoms. The third kappa shape index (κ3) is 4.46. The fourth-order valence-corrected chi connectivity index (χ4v) is 3.15. The van der Waals surface area contributed by atoms with E-state index in [2.05, 4.69) is 20.6 Å². The summed E-state index contributed by atoms with van der Waals surface area (Å²) in [6.07, 6.45) is 6.82. The van der Waals surface area contributed by atoms with Gasteiger partial charge >= 0.3 is 0 Å². The van der Waals surface area contributed by atoms with E-state index >= 15 is 0 Å². The SMILES string of the molecule is CN(C)c1ccccc1-c1cncc(NC(=O)c2ccnc(C(=O)NC3CC3)c2)c1. The number of para-hydroxylation sites is 1. The van der Waals surface area contributed by atoms with E-state index in [9.17, 15) is 9.59 Å². The summed E-state index contributed by atoms with van der Waals surface area (Å²) >= 11 is 0. The summed E-state index contributed by atoms with van der Waals surface area (Å²) in [6, 6.07) is 13.2. The first-order chi connectivity index (χ1) is 14.5. The van der Waals surface area contributed by atoms with E-state index in [0.717, 1.165) is 29.7 Å². The van der Waals surface area contributed by atoms with Gasteiger partial charge in [0.05, 0.1) is 11.9 Å². The Kier molecular flexibility index (Phi) is 5.43. The molecule has 152 valence electrons. The summed E-state index contributed by atoms with van der Waals surface area (Å²) in [4.78, 5) is 35.3. The Labute approximate surface area is 175 Å². The number of carbonyl (C=O) groups excluding carboxylic acids is 2. The lowest BCUT2D eigenvalue weighted by atomic mass is 10.0. The van der Waals surface area contributed by atoms with E-state index in [4.69, 9.17) is 0 Å². The molecule has 1 aliphatic carbocycles. The van der Waals surface area contributed by atoms with Crippen LogP contribution in [0, 0.1) is 0 Å². The highest BCUT2D eigenvalue weighted by Gasteiger charge is 2.24. The molecule has 3 aromatic rings. The van der Waals surface area contributed by atoms with E-state index in [1.165, 1.54) is 12.3 Å². The standard InChI is InChI=1S/C23H23N5O2/c1-28(2)21-6-4-3-5-19(21)16-11-18(14-24-13-16)27-22(29)15-9-10-25-20(12-15)23(30)26-17-7-8-17/h3-6,9-14,17H,7-8H2,1-2H3,(H,26,30)(H,27,29). The van der Waals surface area contributed by atoms with Gasteiger partial charge in [0.2, 0.25) is 0 Å². The van der Waals surface area contributed by atoms with E-state index in [1.54, 1.807) is 18.5 Å². The van der Waals surface area contributed by atoms with Crippen molar-refractivity contribution < 1.29 is 9.59 Å². The van der Waals surface area contributed by atoms with Gasteiger partial charge < -0.3 is 15.5 Å². The molecule has 2 aromatic heterocycles. The van der Waals surface area contributed by atoms with Crippen LogP contribution in [0.2, 0.25) is 0 Å². The molecule has 0 spiro atoms. The predicted molar refractivity (Wildman–Crippen MR) is 117 cm³/mol. The lowest BCUT2D eigenvalue weighted by molar-refractivity contribution is 0.0946. The number of anilines is 2. The summed E-state index contributed by atoms with van der Waals surface area (Å²) < 4.78 is 0. The highest BCUT2D eigenvalue weighted by atomic mass is 16.2. The highest BCUT2D eigenvalue weighted by molar-refractivity contribution is 6.06. The second kappa shape index (κ2) is 8.32. The van der Waals surface area contributed by atoms with Crippen molar-refractivity contribution in [3.63, 3.8) is 0 Å². The molecule has 0 unspecified atom stereocenters. The van der Waals surface area contributed by atoms with Crippen LogP contribution in [0.1, 0.15) is 33.7 Å². The van der Waals surface area contributed by atoms with Crippen LogP contribution in [0.3, 0.4) is 0 Å². The molecule has 0 saturated heterocycles. The Morgan fingerprint density at radius 2 is 1.83 bits per heavy atom. The molecule has 0 atom stereocenters. The van der Waals surface area contributed by atoms with Gasteiger partial charge in [-0.1, -0.05) is 18.2 Å². The molecule has 1 aliphatic rings. The maximum Gasteiger partial charge on any atom is 0.270 e. The van der Waals surface area contributed by atoms with E-state index in [0.29, 0.717) is 11.3 Å². The zero-order valence-electron chi connectivity index (χ0n) is 16.9. The highest BCUT2D eigenvalue weighted by Crippen LogP contribution is 2.30. The molecule has 0 radical (unpaired) electrons. The van der Waals surface area contributed by atoms with Gasteiger partial charge in [-0.05, 0) is 37.1 Å². The Bertz CT molecular complexity index is 1090. The number of nitrogens with zero attached hydrogens (tertiary/aromatic N) is 3. The number of pyridine rings is 2. The van der Waals surface area contributed by atoms with Gasteiger partial charge in [0, 0.05) is 54.9 Å². The van der Waals surface area contributed by atoms with Crippen molar-refractivity contribution in [3.05, 3.63) is 72.3 Å². The first-order valence-electron chi connectivity index (χ1n) is 9.81. The molecule has 2 heterocycles. The lowest BCUT2D eigenvalue weighted by Crippen LogP contribution is -2.26. The molecule has 1 aromatic carbocycles. The minimum Gasteiger partial charge on any atom is -0.377 e. The molecule has 1 saturated carbocycles. The Balaban J connectivity index is 1.53. The van der Waals surface area contributed by atoms with Gasteiger partial charge in [0.15, 0.2) is 0 Å². The van der Waals surface area contributed by atoms with Gasteiger partial charge in [-0.2, -0.15) is 0 Å². The number of hydrogen-bond acceptors (Lipinski definition) is 5. The maximum absolute atomic E-state index is 12.7. The van der Waals surface area contributed by atoms with E-state index < -0.39 is 0 Å². The zero-order valence-corrected chi connectivity index (χ0v) is 16.9. The van der Waals surface area contributed by atoms with Crippen LogP contribution in [0.4, 0.5) is 11.4 Å². The predicted octanol–water partition coefficient (Wildman–Crippen LogP) is 3.35. The molecule has 4 rings (SSSR count). The number of amides is 2. The van der Waals surface area contributed by atoms with Crippen LogP contribution in [0.15, 0.2) is 61.1 Å². The van der Waals surface area contributed by atoms with Gasteiger partial charge in [0.1, 0.15) is 5.69 Å². The first kappa shape index (κ1) is 19.6. The third-order valence-electron chi connectivity index (χ3n) is 4.86. The largest absolute Gasteiger partial charge is 0.377 e. The third-order valence-corrected chi connectivity index (χ3v) is 4.86. The molecule has 0 bridgehead atoms. The number of benzene rings is 1. The molecule has 2 amide bonds. The maximum atomic E-state index is 12.7. The molecule has 7 heteroatoms. The quantitative estimate of drug-likeness (QED) is 0.661. The van der Waals surface area contributed by atoms with Crippen molar-refractivity contribution in [2.75, 3.05) is 24.3 Å². The minimum atomic E-state index is -0.322. The fraction of sp³-hybridized carbons (Fsp3) is 0.217. The minimum absolute atomic E-state index is 0.232. The summed E-state index contributed by atoms with van der Waals surface area (Å²) in [5.41, 5.74) is 4.16. The Morgan fingerprint density at radius 1 is 1.03 bits per heavy atom. The lowest BCUT2D eigenvalue weighted by Gasteiger charge is -2.17. The van der Waals surface area contributed by atoms with E-state index in [-0.39, 0.29) is 23.6 Å². The van der Waals surface area contributed by atoms with Crippen LogP contribution in [-0.4, -0.2) is 41.9 Å². The molecular weight excluding hydrogens is 378 g/mol. The molecular formula is C23H23N5O2. The van der Waals surface area contributed by atoms with Crippen molar-refractivity contribution in [2.24, 2.45) is 0 Å². The summed E-state index contributed by atoms with van der Waals surface area (Å²) in [5, 5.41) is 5.74. The van der Waals surface area contributed by atoms with Crippen LogP contribution < -0.4 is 15.5 Å². The van der Waals surface area contributed by atoms with Crippen LogP contribution in [0.5, 0.6) is 0 Å². The average molecular weight is 401 g/mol. The number of hydrogen-bond donors (Lipinski definition) is 2. The van der Waals surface area contributed by atoms with Gasteiger partial charge in [0.25, 0.3) is 11.8 Å². The average Bonchev–Trinajstić information content (AvgIpc) is 3.58. The van der Waals surface area contributed by atoms with Gasteiger partial charge in [-0.25, -0.2) is 0 Å². The second-order valence-corrected chi connectivity index (χ2v) is 7.51. The Hall–Kier alpha value is -3.74. The van der Waals surface area contributed by atoms with Crippen LogP contribution in [0.25, 0.3) is 11.1 Å². The normalized spacial score (nSPS) is 12.9. The van der Waals surface area contributed by atoms with E-state index in [1.807, 2.05) is 49.3 Å². The number of aromatic nitrogens is 2. The number of rotatable bonds is 6. The van der Waals surface area contributed by atoms with Crippen molar-refractivity contribution >= 4 is 23.2 Å². The summed E-state index contributed by atoms with van der Waals surface area (Å²) in [7, 11) is 3.97. The molecule has 2 N–H and O–H groups in total. The topological polar surface area (TPSA) is 87.2 Å². The Morgan fingerprint density at radius 3 is 2.60 bits per heavy atom. The molecule has 0 aliphatic heterocycles. The van der Waals surface area contributed by atoms with Crippen molar-refractivity contribution in [1.29, 1.82) is 0 Å². The first-order valence-corrected chi connectivity index (χ1v) is 9.81. The second-order valence-electron chi connectivity index (χ2n) is 7.51. The molecule has 1 fully saturated rings. The van der Waals surface area contributed by atoms with Crippen molar-refractivity contribution in [3.8, 4) is 11.1 Å². The van der Waals surface area contributed by atoms with Crippen LogP contribution in [-0.2, 0) is 0 Å².